The third-order valence-electron chi connectivity index (χ3n) is 4.92. The number of nitrogens with two attached hydrogens (primary N) is 2. The molecule has 1 aliphatic heterocycles. The van der Waals surface area contributed by atoms with Crippen molar-refractivity contribution in [3.8, 4) is 22.8 Å². The van der Waals surface area contributed by atoms with Crippen LogP contribution in [0.5, 0.6) is 5.75 Å². The highest BCUT2D eigenvalue weighted by molar-refractivity contribution is 5.72. The molecule has 4 rings (SSSR count). The number of methoxy groups -OCH3 is 1. The Kier molecular flexibility index (Phi) is 4.95. The molecule has 0 spiro atoms. The molecule has 9 heteroatoms. The number of aromatic nitrogens is 5. The molecule has 0 unspecified atom stereocenters. The highest BCUT2D eigenvalue weighted by Gasteiger charge is 2.26. The maximum atomic E-state index is 6.38. The normalized spacial score (nSPS) is 14.8. The molecule has 0 amide bonds. The van der Waals surface area contributed by atoms with Gasteiger partial charge in [-0.05, 0) is 24.3 Å². The molecule has 0 atom stereocenters. The molecule has 30 heavy (non-hydrogen) atoms. The number of hydrazine groups is 1. The third-order valence-corrected chi connectivity index (χ3v) is 4.92. The first-order valence-electron chi connectivity index (χ1n) is 9.19. The summed E-state index contributed by atoms with van der Waals surface area (Å²) >= 11 is 0. The van der Waals surface area contributed by atoms with Gasteiger partial charge in [0.2, 0.25) is 0 Å². The molecule has 1 aromatic carbocycles. The molecule has 2 aromatic heterocycles. The summed E-state index contributed by atoms with van der Waals surface area (Å²) in [5, 5.41) is 10.1. The molecule has 0 aliphatic carbocycles. The van der Waals surface area contributed by atoms with Crippen LogP contribution in [0.1, 0.15) is 5.69 Å². The lowest BCUT2D eigenvalue weighted by Crippen LogP contribution is -2.31. The zero-order valence-electron chi connectivity index (χ0n) is 16.6. The predicted octanol–water partition coefficient (Wildman–Crippen LogP) is 2.39. The van der Waals surface area contributed by atoms with Crippen LogP contribution in [-0.2, 0) is 6.42 Å². The largest absolute Gasteiger partial charge is 0.497 e. The second-order valence-electron chi connectivity index (χ2n) is 6.55. The van der Waals surface area contributed by atoms with Crippen LogP contribution in [0, 0.1) is 0 Å². The van der Waals surface area contributed by atoms with Gasteiger partial charge in [0.25, 0.3) is 0 Å². The van der Waals surface area contributed by atoms with E-state index in [9.17, 15) is 0 Å². The minimum Gasteiger partial charge on any atom is -0.497 e. The van der Waals surface area contributed by atoms with Crippen molar-refractivity contribution in [2.75, 3.05) is 12.1 Å². The van der Waals surface area contributed by atoms with Gasteiger partial charge in [-0.2, -0.15) is 0 Å². The fourth-order valence-corrected chi connectivity index (χ4v) is 3.40. The van der Waals surface area contributed by atoms with E-state index in [2.05, 4.69) is 28.5 Å². The van der Waals surface area contributed by atoms with Gasteiger partial charge in [0.05, 0.1) is 41.8 Å². The number of anilines is 1. The summed E-state index contributed by atoms with van der Waals surface area (Å²) in [5.41, 5.74) is 11.2. The summed E-state index contributed by atoms with van der Waals surface area (Å²) in [6.45, 7) is 7.52. The van der Waals surface area contributed by atoms with E-state index in [1.54, 1.807) is 47.6 Å². The predicted molar refractivity (Wildman–Crippen MR) is 116 cm³/mol. The number of nitrogens with zero attached hydrogens (tertiary/aromatic N) is 6. The average Bonchev–Trinajstić information content (AvgIpc) is 3.39. The molecule has 0 fully saturated rings. The zero-order chi connectivity index (χ0) is 21.3. The van der Waals surface area contributed by atoms with Gasteiger partial charge in [-0.15, -0.1) is 5.10 Å². The van der Waals surface area contributed by atoms with Crippen LogP contribution in [0.2, 0.25) is 0 Å². The number of imidazole rings is 1. The molecule has 3 aromatic rings. The first-order valence-corrected chi connectivity index (χ1v) is 9.19. The SMILES string of the molecule is C=C/C=C(\C=C)n1cc(-c2ncn3c2C/C(=C/N)N(N)c2cc(OC)ccc2-3)nn1. The smallest absolute Gasteiger partial charge is 0.133 e. The number of allylic oxidation sites excluding steroid dienone is 5. The highest BCUT2D eigenvalue weighted by Crippen LogP contribution is 2.36. The molecule has 0 radical (unpaired) electrons. The van der Waals surface area contributed by atoms with Gasteiger partial charge in [-0.3, -0.25) is 9.58 Å². The van der Waals surface area contributed by atoms with Crippen molar-refractivity contribution in [2.24, 2.45) is 11.6 Å². The Morgan fingerprint density at radius 1 is 1.27 bits per heavy atom. The van der Waals surface area contributed by atoms with Crippen LogP contribution in [0.4, 0.5) is 5.69 Å². The minimum absolute atomic E-state index is 0.461. The van der Waals surface area contributed by atoms with E-state index in [0.717, 1.165) is 28.5 Å². The lowest BCUT2D eigenvalue weighted by atomic mass is 10.1. The molecule has 9 nitrogen and oxygen atoms in total. The van der Waals surface area contributed by atoms with Crippen molar-refractivity contribution in [1.29, 1.82) is 0 Å². The Balaban J connectivity index is 1.87. The number of hydrogen-bond acceptors (Lipinski definition) is 7. The number of benzene rings is 1. The fourth-order valence-electron chi connectivity index (χ4n) is 3.40. The average molecular weight is 402 g/mol. The van der Waals surface area contributed by atoms with Crippen molar-refractivity contribution < 1.29 is 4.74 Å². The topological polar surface area (TPSA) is 113 Å². The third kappa shape index (κ3) is 3.07. The molecule has 1 aliphatic rings. The Bertz CT molecular complexity index is 1180. The second-order valence-corrected chi connectivity index (χ2v) is 6.55. The Morgan fingerprint density at radius 2 is 2.10 bits per heavy atom. The van der Waals surface area contributed by atoms with Crippen LogP contribution in [0.3, 0.4) is 0 Å². The molecule has 3 heterocycles. The zero-order valence-corrected chi connectivity index (χ0v) is 16.6. The maximum absolute atomic E-state index is 6.38. The lowest BCUT2D eigenvalue weighted by Gasteiger charge is -2.21. The summed E-state index contributed by atoms with van der Waals surface area (Å²) in [6.07, 6.45) is 10.6. The highest BCUT2D eigenvalue weighted by atomic mass is 16.5. The van der Waals surface area contributed by atoms with Crippen molar-refractivity contribution in [2.45, 2.75) is 6.42 Å². The lowest BCUT2D eigenvalue weighted by molar-refractivity contribution is 0.415. The van der Waals surface area contributed by atoms with Crippen molar-refractivity contribution in [3.05, 3.63) is 79.7 Å². The van der Waals surface area contributed by atoms with Gasteiger partial charge >= 0.3 is 0 Å². The maximum Gasteiger partial charge on any atom is 0.133 e. The van der Waals surface area contributed by atoms with Gasteiger partial charge in [0, 0.05) is 18.7 Å². The molecular weight excluding hydrogens is 380 g/mol. The summed E-state index contributed by atoms with van der Waals surface area (Å²) in [6, 6.07) is 5.67. The van der Waals surface area contributed by atoms with E-state index in [1.807, 2.05) is 22.8 Å². The van der Waals surface area contributed by atoms with E-state index in [0.29, 0.717) is 23.6 Å². The summed E-state index contributed by atoms with van der Waals surface area (Å²) < 4.78 is 8.96. The quantitative estimate of drug-likeness (QED) is 0.498. The van der Waals surface area contributed by atoms with E-state index in [1.165, 1.54) is 6.20 Å². The van der Waals surface area contributed by atoms with E-state index >= 15 is 0 Å². The van der Waals surface area contributed by atoms with Gasteiger partial charge in [-0.1, -0.05) is 24.4 Å². The molecule has 0 saturated carbocycles. The summed E-state index contributed by atoms with van der Waals surface area (Å²) in [7, 11) is 1.61. The van der Waals surface area contributed by atoms with E-state index < -0.39 is 0 Å². The van der Waals surface area contributed by atoms with Crippen LogP contribution in [0.15, 0.2) is 74.0 Å². The van der Waals surface area contributed by atoms with Gasteiger partial charge < -0.3 is 10.5 Å². The molecule has 152 valence electrons. The van der Waals surface area contributed by atoms with Gasteiger partial charge in [0.1, 0.15) is 23.5 Å². The molecule has 4 N–H and O–H groups in total. The van der Waals surface area contributed by atoms with Crippen molar-refractivity contribution >= 4 is 11.4 Å². The van der Waals surface area contributed by atoms with Crippen molar-refractivity contribution in [1.82, 2.24) is 24.5 Å². The summed E-state index contributed by atoms with van der Waals surface area (Å²) in [5.74, 6) is 7.08. The van der Waals surface area contributed by atoms with Crippen LogP contribution < -0.4 is 21.3 Å². The Morgan fingerprint density at radius 3 is 2.80 bits per heavy atom. The number of rotatable bonds is 5. The van der Waals surface area contributed by atoms with E-state index in [4.69, 9.17) is 16.3 Å². The first kappa shape index (κ1) is 19.2. The fraction of sp³-hybridized carbons (Fsp3) is 0.0952. The second kappa shape index (κ2) is 7.72. The van der Waals surface area contributed by atoms with E-state index in [-0.39, 0.29) is 0 Å². The van der Waals surface area contributed by atoms with Crippen LogP contribution in [-0.4, -0.2) is 31.7 Å². The molecule has 0 bridgehead atoms. The minimum atomic E-state index is 0.461. The molecular formula is C21H22N8O. The number of fused-ring (bicyclic) bond motifs is 3. The number of ether oxygens (including phenoxy) is 1. The monoisotopic (exact) mass is 402 g/mol. The summed E-state index contributed by atoms with van der Waals surface area (Å²) in [4.78, 5) is 4.61. The van der Waals surface area contributed by atoms with Crippen LogP contribution >= 0.6 is 0 Å². The first-order chi connectivity index (χ1) is 14.6. The standard InChI is InChI=1S/C21H22N8O/c1-4-6-14(5-2)28-12-17(25-26-28)21-20-9-15(11-22)29(23)19-10-16(30-3)7-8-18(19)27(20)13-24-21/h4-8,10-13H,1-2,9,22-23H2,3H3/b14-6+,15-11-. The number of hydrogen-bond donors (Lipinski definition) is 2. The Hall–Kier alpha value is -4.11. The molecule has 0 saturated heterocycles. The Labute approximate surface area is 173 Å². The van der Waals surface area contributed by atoms with Crippen molar-refractivity contribution in [3.63, 3.8) is 0 Å². The van der Waals surface area contributed by atoms with Gasteiger partial charge in [-0.25, -0.2) is 15.5 Å². The van der Waals surface area contributed by atoms with Crippen LogP contribution in [0.25, 0.3) is 22.8 Å². The van der Waals surface area contributed by atoms with Gasteiger partial charge in [0.15, 0.2) is 0 Å².